The number of hydrogen-bond acceptors (Lipinski definition) is 6. The maximum absolute atomic E-state index is 12.6. The van der Waals surface area contributed by atoms with Crippen LogP contribution in [0.1, 0.15) is 19.3 Å². The second-order valence-electron chi connectivity index (χ2n) is 5.94. The molecule has 0 aromatic heterocycles. The molecule has 7 nitrogen and oxygen atoms in total. The minimum atomic E-state index is -3.88. The van der Waals surface area contributed by atoms with Crippen LogP contribution >= 0.6 is 0 Å². The van der Waals surface area contributed by atoms with E-state index in [2.05, 4.69) is 4.72 Å². The van der Waals surface area contributed by atoms with Crippen molar-refractivity contribution < 1.29 is 25.3 Å². The molecule has 1 N–H and O–H groups in total. The molecule has 1 saturated carbocycles. The first-order valence-corrected chi connectivity index (χ1v) is 12.0. The summed E-state index contributed by atoms with van der Waals surface area (Å²) in [5.74, 6) is -0.565. The molecule has 0 spiro atoms. The summed E-state index contributed by atoms with van der Waals surface area (Å²) >= 11 is 0. The van der Waals surface area contributed by atoms with Crippen molar-refractivity contribution in [1.82, 2.24) is 4.72 Å². The Balaban J connectivity index is 1.93. The Labute approximate surface area is 136 Å². The van der Waals surface area contributed by atoms with E-state index in [1.165, 1.54) is 18.2 Å². The fourth-order valence-corrected chi connectivity index (χ4v) is 8.33. The third kappa shape index (κ3) is 3.59. The zero-order valence-electron chi connectivity index (χ0n) is 12.2. The van der Waals surface area contributed by atoms with Crippen molar-refractivity contribution in [3.05, 3.63) is 24.3 Å². The fourth-order valence-electron chi connectivity index (χ4n) is 2.51. The first-order chi connectivity index (χ1) is 10.6. The highest BCUT2D eigenvalue weighted by Crippen LogP contribution is 2.27. The molecule has 0 unspecified atom stereocenters. The summed E-state index contributed by atoms with van der Waals surface area (Å²) < 4.78 is 75.0. The van der Waals surface area contributed by atoms with E-state index >= 15 is 0 Å². The minimum absolute atomic E-state index is 0.0436. The molecule has 1 heterocycles. The molecule has 1 aliphatic heterocycles. The zero-order valence-corrected chi connectivity index (χ0v) is 14.6. The van der Waals surface area contributed by atoms with Gasteiger partial charge in [0.1, 0.15) is 0 Å². The van der Waals surface area contributed by atoms with Gasteiger partial charge in [-0.25, -0.2) is 30.0 Å². The second-order valence-corrected chi connectivity index (χ2v) is 12.1. The van der Waals surface area contributed by atoms with Crippen LogP contribution in [0, 0.1) is 0 Å². The predicted octanol–water partition coefficient (Wildman–Crippen LogP) is 0.0881. The van der Waals surface area contributed by atoms with Gasteiger partial charge in [0.25, 0.3) is 0 Å². The van der Waals surface area contributed by atoms with Gasteiger partial charge in [0, 0.05) is 6.04 Å². The molecule has 2 aliphatic rings. The Kier molecular flexibility index (Phi) is 4.06. The summed E-state index contributed by atoms with van der Waals surface area (Å²) in [5.41, 5.74) is 0. The zero-order chi connectivity index (χ0) is 16.9. The van der Waals surface area contributed by atoms with Crippen LogP contribution in [0.2, 0.25) is 0 Å². The highest BCUT2D eigenvalue weighted by molar-refractivity contribution is 7.96. The van der Waals surface area contributed by atoms with E-state index in [4.69, 9.17) is 0 Å². The van der Waals surface area contributed by atoms with Crippen LogP contribution in [-0.4, -0.2) is 48.1 Å². The van der Waals surface area contributed by atoms with Gasteiger partial charge in [0.2, 0.25) is 10.0 Å². The molecule has 23 heavy (non-hydrogen) atoms. The summed E-state index contributed by atoms with van der Waals surface area (Å²) in [4.78, 5) is -0.274. The highest BCUT2D eigenvalue weighted by Gasteiger charge is 2.38. The highest BCUT2D eigenvalue weighted by atomic mass is 32.2. The van der Waals surface area contributed by atoms with Crippen molar-refractivity contribution in [1.29, 1.82) is 0 Å². The lowest BCUT2D eigenvalue weighted by Gasteiger charge is -2.12. The van der Waals surface area contributed by atoms with Gasteiger partial charge in [0.05, 0.1) is 26.5 Å². The molecule has 0 bridgehead atoms. The van der Waals surface area contributed by atoms with E-state index < -0.39 is 40.7 Å². The second kappa shape index (κ2) is 5.54. The van der Waals surface area contributed by atoms with Crippen LogP contribution in [0.4, 0.5) is 0 Å². The normalized spacial score (nSPS) is 24.6. The van der Waals surface area contributed by atoms with Crippen molar-refractivity contribution >= 4 is 29.7 Å². The molecular formula is C13H17NO6S3. The lowest BCUT2D eigenvalue weighted by Crippen LogP contribution is -2.26. The molecule has 1 aromatic carbocycles. The standard InChI is InChI=1S/C13H17NO6S3/c15-21(16)7-6-13(9-21)22(17,18)11-2-1-3-12(8-11)23(19,20)14-10-4-5-10/h1-3,8,10,13-14H,4-7,9H2/t13-/m0/s1. The molecule has 1 aliphatic carbocycles. The number of sulfone groups is 2. The monoisotopic (exact) mass is 379 g/mol. The Morgan fingerprint density at radius 2 is 1.65 bits per heavy atom. The van der Waals surface area contributed by atoms with E-state index in [1.54, 1.807) is 0 Å². The Hall–Kier alpha value is -0.970. The van der Waals surface area contributed by atoms with Gasteiger partial charge >= 0.3 is 0 Å². The number of rotatable bonds is 5. The molecule has 0 radical (unpaired) electrons. The van der Waals surface area contributed by atoms with Crippen molar-refractivity contribution in [3.8, 4) is 0 Å². The first-order valence-electron chi connectivity index (χ1n) is 7.17. The third-order valence-electron chi connectivity index (χ3n) is 3.97. The SMILES string of the molecule is O=S1(=O)CC[C@H](S(=O)(=O)c2cccc(S(=O)(=O)NC3CC3)c2)C1. The third-order valence-corrected chi connectivity index (χ3v) is 9.66. The summed E-state index contributed by atoms with van der Waals surface area (Å²) in [5, 5.41) is -1.01. The van der Waals surface area contributed by atoms with Gasteiger partial charge in [-0.15, -0.1) is 0 Å². The summed E-state index contributed by atoms with van der Waals surface area (Å²) in [6.45, 7) is 0. The largest absolute Gasteiger partial charge is 0.240 e. The molecule has 0 amide bonds. The number of benzene rings is 1. The maximum Gasteiger partial charge on any atom is 0.240 e. The molecule has 3 rings (SSSR count). The molecule has 1 saturated heterocycles. The molecule has 128 valence electrons. The van der Waals surface area contributed by atoms with Gasteiger partial charge in [-0.05, 0) is 37.5 Å². The lowest BCUT2D eigenvalue weighted by molar-refractivity contribution is 0.579. The minimum Gasteiger partial charge on any atom is -0.229 e. The average molecular weight is 379 g/mol. The van der Waals surface area contributed by atoms with E-state index in [9.17, 15) is 25.3 Å². The summed E-state index contributed by atoms with van der Waals surface area (Å²) in [6, 6.07) is 5.01. The molecule has 2 fully saturated rings. The fraction of sp³-hybridized carbons (Fsp3) is 0.538. The van der Waals surface area contributed by atoms with Crippen molar-refractivity contribution in [2.24, 2.45) is 0 Å². The first kappa shape index (κ1) is 16.9. The Morgan fingerprint density at radius 1 is 1.00 bits per heavy atom. The van der Waals surface area contributed by atoms with Crippen LogP contribution in [0.15, 0.2) is 34.1 Å². The van der Waals surface area contributed by atoms with Crippen molar-refractivity contribution in [3.63, 3.8) is 0 Å². The Bertz CT molecular complexity index is 930. The maximum atomic E-state index is 12.6. The molecule has 1 atom stereocenters. The number of hydrogen-bond donors (Lipinski definition) is 1. The number of nitrogens with one attached hydrogen (secondary N) is 1. The summed E-state index contributed by atoms with van der Waals surface area (Å²) in [6.07, 6.45) is 1.59. The van der Waals surface area contributed by atoms with E-state index in [0.717, 1.165) is 18.9 Å². The van der Waals surface area contributed by atoms with Crippen LogP contribution < -0.4 is 4.72 Å². The van der Waals surface area contributed by atoms with Crippen LogP contribution in [0.25, 0.3) is 0 Å². The van der Waals surface area contributed by atoms with Gasteiger partial charge in [-0.1, -0.05) is 6.07 Å². The van der Waals surface area contributed by atoms with Gasteiger partial charge < -0.3 is 0 Å². The van der Waals surface area contributed by atoms with E-state index in [-0.39, 0.29) is 28.0 Å². The Morgan fingerprint density at radius 3 is 2.22 bits per heavy atom. The van der Waals surface area contributed by atoms with E-state index in [0.29, 0.717) is 0 Å². The van der Waals surface area contributed by atoms with Crippen molar-refractivity contribution in [2.45, 2.75) is 40.3 Å². The topological polar surface area (TPSA) is 114 Å². The predicted molar refractivity (Wildman–Crippen MR) is 84.0 cm³/mol. The quantitative estimate of drug-likeness (QED) is 0.775. The average Bonchev–Trinajstić information content (AvgIpc) is 3.19. The lowest BCUT2D eigenvalue weighted by atomic mass is 10.4. The van der Waals surface area contributed by atoms with Gasteiger partial charge in [-0.3, -0.25) is 0 Å². The molecular weight excluding hydrogens is 362 g/mol. The number of sulfonamides is 1. The van der Waals surface area contributed by atoms with Crippen molar-refractivity contribution in [2.75, 3.05) is 11.5 Å². The van der Waals surface area contributed by atoms with Crippen LogP contribution in [-0.2, 0) is 29.7 Å². The van der Waals surface area contributed by atoms with Gasteiger partial charge in [0.15, 0.2) is 19.7 Å². The molecule has 1 aromatic rings. The van der Waals surface area contributed by atoms with E-state index in [1.807, 2.05) is 0 Å². The summed E-state index contributed by atoms with van der Waals surface area (Å²) in [7, 11) is -11.0. The smallest absolute Gasteiger partial charge is 0.229 e. The van der Waals surface area contributed by atoms with Crippen LogP contribution in [0.3, 0.4) is 0 Å². The molecule has 10 heteroatoms. The van der Waals surface area contributed by atoms with Gasteiger partial charge in [-0.2, -0.15) is 0 Å². The van der Waals surface area contributed by atoms with Crippen LogP contribution in [0.5, 0.6) is 0 Å².